The Bertz CT molecular complexity index is 1160. The number of rotatable bonds is 5. The predicted octanol–water partition coefficient (Wildman–Crippen LogP) is 3.57. The van der Waals surface area contributed by atoms with Crippen molar-refractivity contribution in [3.63, 3.8) is 0 Å². The molecule has 1 aromatic heterocycles. The van der Waals surface area contributed by atoms with Gasteiger partial charge in [-0.05, 0) is 35.9 Å². The molecule has 0 fully saturated rings. The normalized spacial score (nSPS) is 11.6. The summed E-state index contributed by atoms with van der Waals surface area (Å²) < 4.78 is 33.9. The van der Waals surface area contributed by atoms with E-state index in [-0.39, 0.29) is 22.6 Å². The minimum Gasteiger partial charge on any atom is -0.325 e. The second-order valence-electron chi connectivity index (χ2n) is 5.46. The first-order chi connectivity index (χ1) is 12.9. The highest BCUT2D eigenvalue weighted by molar-refractivity contribution is 7.86. The van der Waals surface area contributed by atoms with Gasteiger partial charge in [-0.3, -0.25) is 9.35 Å². The van der Waals surface area contributed by atoms with Crippen LogP contribution in [0.2, 0.25) is 0 Å². The van der Waals surface area contributed by atoms with Gasteiger partial charge in [-0.25, -0.2) is 4.98 Å². The van der Waals surface area contributed by atoms with Gasteiger partial charge in [0, 0.05) is 5.69 Å². The van der Waals surface area contributed by atoms with E-state index >= 15 is 0 Å². The lowest BCUT2D eigenvalue weighted by atomic mass is 10.2. The van der Waals surface area contributed by atoms with Crippen molar-refractivity contribution in [3.05, 3.63) is 53.0 Å². The molecule has 0 bridgehead atoms. The summed E-state index contributed by atoms with van der Waals surface area (Å²) in [5.74, 6) is -0.573. The molecule has 0 unspecified atom stereocenters. The number of anilines is 1. The molecule has 0 saturated carbocycles. The number of hydrogen-bond donors (Lipinski definition) is 2. The topological polar surface area (TPSA) is 120 Å². The van der Waals surface area contributed by atoms with E-state index in [2.05, 4.69) is 10.3 Å². The molecule has 2 N–H and O–H groups in total. The van der Waals surface area contributed by atoms with E-state index in [9.17, 15) is 17.8 Å². The summed E-state index contributed by atoms with van der Waals surface area (Å²) in [6, 6.07) is 13.4. The van der Waals surface area contributed by atoms with Gasteiger partial charge in [-0.2, -0.15) is 13.7 Å². The number of nitriles is 1. The highest BCUT2D eigenvalue weighted by atomic mass is 32.2. The van der Waals surface area contributed by atoms with Crippen LogP contribution in [0.5, 0.6) is 0 Å². The van der Waals surface area contributed by atoms with Crippen LogP contribution in [0.1, 0.15) is 17.0 Å². The van der Waals surface area contributed by atoms with Crippen molar-refractivity contribution in [2.75, 3.05) is 5.32 Å². The number of carbonyl (C=O) groups excluding carboxylic acids is 1. The molecule has 3 rings (SSSR count). The summed E-state index contributed by atoms with van der Waals surface area (Å²) in [5, 5.41) is 11.6. The van der Waals surface area contributed by atoms with Crippen LogP contribution in [-0.2, 0) is 14.9 Å². The molecule has 7 nitrogen and oxygen atoms in total. The molecule has 0 aliphatic rings. The summed E-state index contributed by atoms with van der Waals surface area (Å²) in [4.78, 5) is 15.6. The highest BCUT2D eigenvalue weighted by Gasteiger charge is 2.16. The number of nitrogens with zero attached hydrogens (tertiary/aromatic N) is 2. The third kappa shape index (κ3) is 4.57. The van der Waals surface area contributed by atoms with Gasteiger partial charge in [0.15, 0.2) is 0 Å². The van der Waals surface area contributed by atoms with Gasteiger partial charge in [0.1, 0.15) is 16.3 Å². The van der Waals surface area contributed by atoms with Crippen LogP contribution in [0.4, 0.5) is 5.69 Å². The summed E-state index contributed by atoms with van der Waals surface area (Å²) >= 11 is 1.45. The smallest absolute Gasteiger partial charge is 0.295 e. The summed E-state index contributed by atoms with van der Waals surface area (Å²) in [7, 11) is -4.52. The van der Waals surface area contributed by atoms with Crippen LogP contribution in [-0.4, -0.2) is 23.9 Å². The summed E-state index contributed by atoms with van der Waals surface area (Å²) in [5.41, 5.74) is 1.25. The second kappa shape index (κ2) is 7.67. The molecular weight excluding hydrogens is 386 g/mol. The van der Waals surface area contributed by atoms with Crippen molar-refractivity contribution < 1.29 is 17.8 Å². The lowest BCUT2D eigenvalue weighted by Gasteiger charge is -2.07. The molecule has 27 heavy (non-hydrogen) atoms. The Kier molecular flexibility index (Phi) is 5.32. The van der Waals surface area contributed by atoms with Crippen molar-refractivity contribution in [2.45, 2.75) is 11.3 Å². The molecular formula is C18H13N3O4S2. The molecule has 0 aliphatic heterocycles. The first-order valence-corrected chi connectivity index (χ1v) is 9.94. The SMILES string of the molecule is N#CCC(=O)Nc1ccc(C=Cc2nc3ccccc3s2)c(S(=O)(=O)O)c1. The van der Waals surface area contributed by atoms with Crippen LogP contribution >= 0.6 is 11.3 Å². The molecule has 1 amide bonds. The van der Waals surface area contributed by atoms with Crippen LogP contribution in [0, 0.1) is 11.3 Å². The molecule has 0 saturated heterocycles. The minimum atomic E-state index is -4.52. The van der Waals surface area contributed by atoms with Crippen molar-refractivity contribution in [1.29, 1.82) is 5.26 Å². The zero-order chi connectivity index (χ0) is 19.4. The number of thiazole rings is 1. The molecule has 2 aromatic carbocycles. The van der Waals surface area contributed by atoms with Crippen LogP contribution in [0.15, 0.2) is 47.4 Å². The van der Waals surface area contributed by atoms with Gasteiger partial charge in [-0.15, -0.1) is 11.3 Å². The zero-order valence-corrected chi connectivity index (χ0v) is 15.4. The van der Waals surface area contributed by atoms with E-state index < -0.39 is 16.0 Å². The third-order valence-electron chi connectivity index (χ3n) is 3.53. The van der Waals surface area contributed by atoms with Crippen molar-refractivity contribution in [1.82, 2.24) is 4.98 Å². The van der Waals surface area contributed by atoms with E-state index in [0.29, 0.717) is 5.01 Å². The van der Waals surface area contributed by atoms with Gasteiger partial charge >= 0.3 is 0 Å². The Morgan fingerprint density at radius 1 is 1.26 bits per heavy atom. The lowest BCUT2D eigenvalue weighted by molar-refractivity contribution is -0.115. The number of hydrogen-bond acceptors (Lipinski definition) is 6. The van der Waals surface area contributed by atoms with Crippen molar-refractivity contribution >= 4 is 55.4 Å². The second-order valence-corrected chi connectivity index (χ2v) is 7.92. The number of carbonyl (C=O) groups is 1. The first kappa shape index (κ1) is 18.7. The Morgan fingerprint density at radius 3 is 2.74 bits per heavy atom. The molecule has 0 spiro atoms. The number of nitrogens with one attached hydrogen (secondary N) is 1. The standard InChI is InChI=1S/C18H13N3O4S2/c19-10-9-17(22)20-13-7-5-12(16(11-13)27(23,24)25)6-8-18-21-14-3-1-2-4-15(14)26-18/h1-8,11H,9H2,(H,20,22)(H,23,24,25). The van der Waals surface area contributed by atoms with Crippen LogP contribution < -0.4 is 5.32 Å². The minimum absolute atomic E-state index is 0.167. The summed E-state index contributed by atoms with van der Waals surface area (Å²) in [6.45, 7) is 0. The highest BCUT2D eigenvalue weighted by Crippen LogP contribution is 2.26. The largest absolute Gasteiger partial charge is 0.325 e. The zero-order valence-electron chi connectivity index (χ0n) is 13.8. The Labute approximate surface area is 159 Å². The van der Waals surface area contributed by atoms with E-state index in [1.165, 1.54) is 29.5 Å². The van der Waals surface area contributed by atoms with E-state index in [4.69, 9.17) is 5.26 Å². The maximum atomic E-state index is 11.7. The number of fused-ring (bicyclic) bond motifs is 1. The van der Waals surface area contributed by atoms with Gasteiger partial charge in [0.05, 0.1) is 16.3 Å². The summed E-state index contributed by atoms with van der Waals surface area (Å²) in [6.07, 6.45) is 2.82. The Balaban J connectivity index is 1.94. The number of aromatic nitrogens is 1. The van der Waals surface area contributed by atoms with Gasteiger partial charge in [0.25, 0.3) is 10.1 Å². The molecule has 3 aromatic rings. The molecule has 0 aliphatic carbocycles. The number of amides is 1. The maximum Gasteiger partial charge on any atom is 0.295 e. The predicted molar refractivity (Wildman–Crippen MR) is 104 cm³/mol. The van der Waals surface area contributed by atoms with E-state index in [0.717, 1.165) is 16.3 Å². The first-order valence-electron chi connectivity index (χ1n) is 7.69. The van der Waals surface area contributed by atoms with Crippen LogP contribution in [0.25, 0.3) is 22.4 Å². The third-order valence-corrected chi connectivity index (χ3v) is 5.44. The number of benzene rings is 2. The monoisotopic (exact) mass is 399 g/mol. The van der Waals surface area contributed by atoms with Gasteiger partial charge in [-0.1, -0.05) is 24.3 Å². The van der Waals surface area contributed by atoms with Crippen molar-refractivity contribution in [3.8, 4) is 6.07 Å². The average molecular weight is 399 g/mol. The van der Waals surface area contributed by atoms with Crippen LogP contribution in [0.3, 0.4) is 0 Å². The Morgan fingerprint density at radius 2 is 2.04 bits per heavy atom. The van der Waals surface area contributed by atoms with E-state index in [1.807, 2.05) is 24.3 Å². The molecule has 136 valence electrons. The maximum absolute atomic E-state index is 11.7. The van der Waals surface area contributed by atoms with Gasteiger partial charge < -0.3 is 5.32 Å². The fourth-order valence-corrected chi connectivity index (χ4v) is 3.95. The molecule has 1 heterocycles. The quantitative estimate of drug-likeness (QED) is 0.633. The van der Waals surface area contributed by atoms with E-state index in [1.54, 1.807) is 12.1 Å². The molecule has 9 heteroatoms. The average Bonchev–Trinajstić information content (AvgIpc) is 3.03. The van der Waals surface area contributed by atoms with Gasteiger partial charge in [0.2, 0.25) is 5.91 Å². The number of para-hydroxylation sites is 1. The lowest BCUT2D eigenvalue weighted by Crippen LogP contribution is -2.11. The molecule has 0 radical (unpaired) electrons. The fraction of sp³-hybridized carbons (Fsp3) is 0.0556. The Hall–Kier alpha value is -3.06. The van der Waals surface area contributed by atoms with Crippen molar-refractivity contribution in [2.24, 2.45) is 0 Å². The fourth-order valence-electron chi connectivity index (χ4n) is 2.37. The molecule has 0 atom stereocenters.